The van der Waals surface area contributed by atoms with Gasteiger partial charge in [-0.25, -0.2) is 0 Å². The van der Waals surface area contributed by atoms with E-state index in [2.05, 4.69) is 5.32 Å². The van der Waals surface area contributed by atoms with Gasteiger partial charge in [0, 0.05) is 6.04 Å². The number of rotatable bonds is 7. The third kappa shape index (κ3) is 4.62. The van der Waals surface area contributed by atoms with Crippen molar-refractivity contribution in [1.29, 1.82) is 0 Å². The van der Waals surface area contributed by atoms with Crippen molar-refractivity contribution in [1.82, 2.24) is 5.32 Å². The van der Waals surface area contributed by atoms with Gasteiger partial charge in [-0.15, -0.1) is 0 Å². The summed E-state index contributed by atoms with van der Waals surface area (Å²) in [6, 6.07) is -0.148. The molecule has 0 rings (SSSR count). The van der Waals surface area contributed by atoms with Crippen LogP contribution in [0.4, 0.5) is 0 Å². The molecule has 2 atom stereocenters. The number of aliphatic hydroxyl groups is 1. The van der Waals surface area contributed by atoms with Crippen LogP contribution < -0.4 is 5.32 Å². The number of aliphatic hydroxyl groups excluding tert-OH is 1. The molecule has 4 heteroatoms. The molecule has 15 heavy (non-hydrogen) atoms. The second-order valence-electron chi connectivity index (χ2n) is 4.67. The van der Waals surface area contributed by atoms with Gasteiger partial charge >= 0.3 is 5.97 Å². The predicted octanol–water partition coefficient (Wildman–Crippen LogP) is 1.24. The third-order valence-corrected chi connectivity index (χ3v) is 2.52. The van der Waals surface area contributed by atoms with Crippen LogP contribution in [-0.2, 0) is 4.79 Å². The van der Waals surface area contributed by atoms with Crippen LogP contribution in [0.1, 0.15) is 40.5 Å². The number of carboxylic acid groups (broad SMARTS) is 1. The second kappa shape index (κ2) is 6.08. The molecule has 0 saturated carbocycles. The number of hydrogen-bond acceptors (Lipinski definition) is 3. The fourth-order valence-corrected chi connectivity index (χ4v) is 1.75. The zero-order valence-corrected chi connectivity index (χ0v) is 10.1. The summed E-state index contributed by atoms with van der Waals surface area (Å²) in [5, 5.41) is 21.2. The molecule has 2 unspecified atom stereocenters. The minimum Gasteiger partial charge on any atom is -0.480 e. The van der Waals surface area contributed by atoms with E-state index < -0.39 is 11.5 Å². The highest BCUT2D eigenvalue weighted by Gasteiger charge is 2.35. The summed E-state index contributed by atoms with van der Waals surface area (Å²) in [5.74, 6) is -0.558. The predicted molar refractivity (Wildman–Crippen MR) is 59.8 cm³/mol. The van der Waals surface area contributed by atoms with Gasteiger partial charge in [0.05, 0.1) is 6.61 Å². The quantitative estimate of drug-likeness (QED) is 0.600. The first kappa shape index (κ1) is 14.4. The summed E-state index contributed by atoms with van der Waals surface area (Å²) in [6.07, 6.45) is 1.27. The van der Waals surface area contributed by atoms with Gasteiger partial charge in [-0.1, -0.05) is 20.8 Å². The average molecular weight is 217 g/mol. The molecule has 0 amide bonds. The Labute approximate surface area is 91.7 Å². The minimum absolute atomic E-state index is 0.0303. The zero-order valence-electron chi connectivity index (χ0n) is 10.1. The standard InChI is InChI=1S/C11H23NO3/c1-5-9(7-13)12-11(4,10(14)15)6-8(2)3/h8-9,12-13H,5-7H2,1-4H3,(H,14,15). The summed E-state index contributed by atoms with van der Waals surface area (Å²) in [6.45, 7) is 7.54. The van der Waals surface area contributed by atoms with Crippen molar-refractivity contribution in [2.75, 3.05) is 6.61 Å². The minimum atomic E-state index is -0.947. The van der Waals surface area contributed by atoms with E-state index in [9.17, 15) is 9.90 Å². The first-order chi connectivity index (χ1) is 6.85. The van der Waals surface area contributed by atoms with Gasteiger partial charge in [0.1, 0.15) is 5.54 Å². The summed E-state index contributed by atoms with van der Waals surface area (Å²) in [5.41, 5.74) is -0.947. The lowest BCUT2D eigenvalue weighted by molar-refractivity contribution is -0.145. The second-order valence-corrected chi connectivity index (χ2v) is 4.67. The Kier molecular flexibility index (Phi) is 5.83. The molecule has 0 bridgehead atoms. The van der Waals surface area contributed by atoms with E-state index in [0.29, 0.717) is 12.3 Å². The lowest BCUT2D eigenvalue weighted by Crippen LogP contribution is -2.55. The van der Waals surface area contributed by atoms with E-state index in [4.69, 9.17) is 5.11 Å². The normalized spacial score (nSPS) is 17.5. The van der Waals surface area contributed by atoms with Crippen molar-refractivity contribution in [2.24, 2.45) is 5.92 Å². The number of carboxylic acids is 1. The highest BCUT2D eigenvalue weighted by Crippen LogP contribution is 2.18. The Morgan fingerprint density at radius 1 is 1.47 bits per heavy atom. The van der Waals surface area contributed by atoms with Crippen LogP contribution in [-0.4, -0.2) is 34.4 Å². The molecule has 0 aromatic heterocycles. The van der Waals surface area contributed by atoms with Crippen molar-refractivity contribution >= 4 is 5.97 Å². The monoisotopic (exact) mass is 217 g/mol. The third-order valence-electron chi connectivity index (χ3n) is 2.52. The Bertz CT molecular complexity index is 202. The molecule has 0 aliphatic rings. The van der Waals surface area contributed by atoms with Gasteiger partial charge in [-0.05, 0) is 25.7 Å². The van der Waals surface area contributed by atoms with Crippen molar-refractivity contribution in [3.8, 4) is 0 Å². The van der Waals surface area contributed by atoms with E-state index in [-0.39, 0.29) is 12.6 Å². The number of aliphatic carboxylic acids is 1. The van der Waals surface area contributed by atoms with Gasteiger partial charge in [-0.2, -0.15) is 0 Å². The highest BCUT2D eigenvalue weighted by atomic mass is 16.4. The molecular weight excluding hydrogens is 194 g/mol. The van der Waals surface area contributed by atoms with Crippen molar-refractivity contribution in [3.05, 3.63) is 0 Å². The molecule has 0 spiro atoms. The Morgan fingerprint density at radius 2 is 2.00 bits per heavy atom. The van der Waals surface area contributed by atoms with E-state index in [1.807, 2.05) is 20.8 Å². The van der Waals surface area contributed by atoms with E-state index in [1.165, 1.54) is 0 Å². The number of carbonyl (C=O) groups is 1. The maximum absolute atomic E-state index is 11.2. The summed E-state index contributed by atoms with van der Waals surface area (Å²) >= 11 is 0. The largest absolute Gasteiger partial charge is 0.480 e. The molecule has 90 valence electrons. The van der Waals surface area contributed by atoms with E-state index >= 15 is 0 Å². The fraction of sp³-hybridized carbons (Fsp3) is 0.909. The first-order valence-corrected chi connectivity index (χ1v) is 5.47. The van der Waals surface area contributed by atoms with Gasteiger partial charge < -0.3 is 10.2 Å². The molecule has 0 aliphatic carbocycles. The molecule has 0 aromatic carbocycles. The highest BCUT2D eigenvalue weighted by molar-refractivity contribution is 5.78. The lowest BCUT2D eigenvalue weighted by atomic mass is 9.89. The molecular formula is C11H23NO3. The summed E-state index contributed by atoms with van der Waals surface area (Å²) in [4.78, 5) is 11.2. The van der Waals surface area contributed by atoms with Crippen LogP contribution in [0.15, 0.2) is 0 Å². The average Bonchev–Trinajstić information content (AvgIpc) is 2.12. The van der Waals surface area contributed by atoms with Crippen LogP contribution in [0, 0.1) is 5.92 Å². The molecule has 0 aromatic rings. The van der Waals surface area contributed by atoms with Crippen molar-refractivity contribution in [2.45, 2.75) is 52.1 Å². The maximum Gasteiger partial charge on any atom is 0.323 e. The fourth-order valence-electron chi connectivity index (χ4n) is 1.75. The molecule has 0 radical (unpaired) electrons. The van der Waals surface area contributed by atoms with Crippen molar-refractivity contribution < 1.29 is 15.0 Å². The molecule has 3 N–H and O–H groups in total. The SMILES string of the molecule is CCC(CO)NC(C)(CC(C)C)C(=O)O. The molecule has 0 heterocycles. The molecule has 0 saturated heterocycles. The van der Waals surface area contributed by atoms with Crippen LogP contribution in [0.3, 0.4) is 0 Å². The van der Waals surface area contributed by atoms with Gasteiger partial charge in [0.15, 0.2) is 0 Å². The smallest absolute Gasteiger partial charge is 0.323 e. The van der Waals surface area contributed by atoms with E-state index in [0.717, 1.165) is 6.42 Å². The van der Waals surface area contributed by atoms with Gasteiger partial charge in [0.25, 0.3) is 0 Å². The Morgan fingerprint density at radius 3 is 2.27 bits per heavy atom. The van der Waals surface area contributed by atoms with Crippen molar-refractivity contribution in [3.63, 3.8) is 0 Å². The molecule has 0 fully saturated rings. The maximum atomic E-state index is 11.2. The number of nitrogens with one attached hydrogen (secondary N) is 1. The van der Waals surface area contributed by atoms with Crippen LogP contribution in [0.5, 0.6) is 0 Å². The zero-order chi connectivity index (χ0) is 12.1. The Hall–Kier alpha value is -0.610. The summed E-state index contributed by atoms with van der Waals surface area (Å²) in [7, 11) is 0. The van der Waals surface area contributed by atoms with Gasteiger partial charge in [0.2, 0.25) is 0 Å². The first-order valence-electron chi connectivity index (χ1n) is 5.47. The molecule has 4 nitrogen and oxygen atoms in total. The van der Waals surface area contributed by atoms with Gasteiger partial charge in [-0.3, -0.25) is 10.1 Å². The summed E-state index contributed by atoms with van der Waals surface area (Å²) < 4.78 is 0. The van der Waals surface area contributed by atoms with Crippen LogP contribution in [0.2, 0.25) is 0 Å². The van der Waals surface area contributed by atoms with Crippen LogP contribution in [0.25, 0.3) is 0 Å². The van der Waals surface area contributed by atoms with Crippen LogP contribution >= 0.6 is 0 Å². The Balaban J connectivity index is 4.56. The topological polar surface area (TPSA) is 69.6 Å². The van der Waals surface area contributed by atoms with E-state index in [1.54, 1.807) is 6.92 Å². The molecule has 0 aliphatic heterocycles. The number of hydrogen-bond donors (Lipinski definition) is 3. The lowest BCUT2D eigenvalue weighted by Gasteiger charge is -2.31.